The number of fused-ring (bicyclic) bond motifs is 1. The Morgan fingerprint density at radius 3 is 2.79 bits per heavy atom. The van der Waals surface area contributed by atoms with E-state index in [1.165, 1.54) is 0 Å². The largest absolute Gasteiger partial charge is 0.482 e. The van der Waals surface area contributed by atoms with Crippen molar-refractivity contribution in [1.82, 2.24) is 0 Å². The second kappa shape index (κ2) is 5.43. The lowest BCUT2D eigenvalue weighted by atomic mass is 10.0. The first-order valence-corrected chi connectivity index (χ1v) is 6.66. The van der Waals surface area contributed by atoms with Crippen LogP contribution in [-0.4, -0.2) is 24.3 Å². The van der Waals surface area contributed by atoms with E-state index in [0.717, 1.165) is 6.42 Å². The van der Waals surface area contributed by atoms with Gasteiger partial charge in [-0.15, -0.1) is 0 Å². The molecule has 0 radical (unpaired) electrons. The van der Waals surface area contributed by atoms with Gasteiger partial charge >= 0.3 is 0 Å². The SMILES string of the molecule is CCCC(=O)c1ccc2c(c1)N(C(C)C)C(=O)CO2. The zero-order valence-corrected chi connectivity index (χ0v) is 11.6. The van der Waals surface area contributed by atoms with Crippen LogP contribution in [-0.2, 0) is 4.79 Å². The number of benzene rings is 1. The average Bonchev–Trinajstić information content (AvgIpc) is 2.37. The van der Waals surface area contributed by atoms with Gasteiger partial charge in [0.05, 0.1) is 5.69 Å². The average molecular weight is 261 g/mol. The Morgan fingerprint density at radius 2 is 2.16 bits per heavy atom. The maximum Gasteiger partial charge on any atom is 0.265 e. The van der Waals surface area contributed by atoms with E-state index < -0.39 is 0 Å². The number of ether oxygens (including phenoxy) is 1. The molecule has 4 heteroatoms. The van der Waals surface area contributed by atoms with Gasteiger partial charge in [0.25, 0.3) is 5.91 Å². The highest BCUT2D eigenvalue weighted by Crippen LogP contribution is 2.34. The Hall–Kier alpha value is -1.84. The second-order valence-corrected chi connectivity index (χ2v) is 5.00. The summed E-state index contributed by atoms with van der Waals surface area (Å²) in [4.78, 5) is 25.6. The molecule has 102 valence electrons. The second-order valence-electron chi connectivity index (χ2n) is 5.00. The Bertz CT molecular complexity index is 508. The Morgan fingerprint density at radius 1 is 1.42 bits per heavy atom. The molecule has 0 saturated heterocycles. The van der Waals surface area contributed by atoms with Gasteiger partial charge in [-0.05, 0) is 38.5 Å². The number of carbonyl (C=O) groups is 2. The highest BCUT2D eigenvalue weighted by atomic mass is 16.5. The fourth-order valence-corrected chi connectivity index (χ4v) is 2.28. The van der Waals surface area contributed by atoms with Gasteiger partial charge in [-0.1, -0.05) is 6.92 Å². The van der Waals surface area contributed by atoms with E-state index in [1.807, 2.05) is 20.8 Å². The van der Waals surface area contributed by atoms with E-state index in [9.17, 15) is 9.59 Å². The van der Waals surface area contributed by atoms with Crippen molar-refractivity contribution in [3.63, 3.8) is 0 Å². The normalized spacial score (nSPS) is 14.3. The highest BCUT2D eigenvalue weighted by Gasteiger charge is 2.28. The predicted octanol–water partition coefficient (Wildman–Crippen LogP) is 2.80. The lowest BCUT2D eigenvalue weighted by Crippen LogP contribution is -2.43. The van der Waals surface area contributed by atoms with E-state index in [0.29, 0.717) is 23.4 Å². The number of anilines is 1. The van der Waals surface area contributed by atoms with E-state index in [2.05, 4.69) is 0 Å². The molecule has 0 bridgehead atoms. The van der Waals surface area contributed by atoms with Gasteiger partial charge in [-0.3, -0.25) is 9.59 Å². The Labute approximate surface area is 113 Å². The lowest BCUT2D eigenvalue weighted by Gasteiger charge is -2.32. The fourth-order valence-electron chi connectivity index (χ4n) is 2.28. The van der Waals surface area contributed by atoms with Gasteiger partial charge in [0, 0.05) is 18.0 Å². The predicted molar refractivity (Wildman–Crippen MR) is 73.8 cm³/mol. The summed E-state index contributed by atoms with van der Waals surface area (Å²) in [5, 5.41) is 0. The Kier molecular flexibility index (Phi) is 3.88. The lowest BCUT2D eigenvalue weighted by molar-refractivity contribution is -0.121. The number of hydrogen-bond acceptors (Lipinski definition) is 3. The standard InChI is InChI=1S/C15H19NO3/c1-4-5-13(17)11-6-7-14-12(8-11)16(10(2)3)15(18)9-19-14/h6-8,10H,4-5,9H2,1-3H3. The van der Waals surface area contributed by atoms with Crippen LogP contribution in [0, 0.1) is 0 Å². The van der Waals surface area contributed by atoms with E-state index in [1.54, 1.807) is 23.1 Å². The third-order valence-electron chi connectivity index (χ3n) is 3.15. The van der Waals surface area contributed by atoms with E-state index in [4.69, 9.17) is 4.74 Å². The van der Waals surface area contributed by atoms with Crippen molar-refractivity contribution in [1.29, 1.82) is 0 Å². The number of nitrogens with zero attached hydrogens (tertiary/aromatic N) is 1. The van der Waals surface area contributed by atoms with Crippen molar-refractivity contribution in [3.05, 3.63) is 23.8 Å². The smallest absolute Gasteiger partial charge is 0.265 e. The number of ketones is 1. The monoisotopic (exact) mass is 261 g/mol. The molecule has 0 atom stereocenters. The molecule has 19 heavy (non-hydrogen) atoms. The summed E-state index contributed by atoms with van der Waals surface area (Å²) >= 11 is 0. The minimum Gasteiger partial charge on any atom is -0.482 e. The van der Waals surface area contributed by atoms with Crippen molar-refractivity contribution in [3.8, 4) is 5.75 Å². The molecule has 1 aliphatic rings. The number of Topliss-reactive ketones (excluding diaryl/α,β-unsaturated/α-hetero) is 1. The van der Waals surface area contributed by atoms with Gasteiger partial charge in [0.15, 0.2) is 12.4 Å². The molecule has 1 amide bonds. The van der Waals surface area contributed by atoms with Gasteiger partial charge in [-0.25, -0.2) is 0 Å². The van der Waals surface area contributed by atoms with Crippen LogP contribution in [0.1, 0.15) is 44.0 Å². The number of amides is 1. The summed E-state index contributed by atoms with van der Waals surface area (Å²) in [5.74, 6) is 0.705. The van der Waals surface area contributed by atoms with Gasteiger partial charge < -0.3 is 9.64 Å². The molecule has 0 fully saturated rings. The van der Waals surface area contributed by atoms with Crippen LogP contribution in [0.3, 0.4) is 0 Å². The molecule has 0 unspecified atom stereocenters. The summed E-state index contributed by atoms with van der Waals surface area (Å²) in [6, 6.07) is 5.36. The zero-order valence-electron chi connectivity index (χ0n) is 11.6. The molecule has 0 saturated carbocycles. The molecule has 0 aliphatic carbocycles. The summed E-state index contributed by atoms with van der Waals surface area (Å²) in [6.45, 7) is 5.94. The first-order chi connectivity index (χ1) is 9.04. The van der Waals surface area contributed by atoms with E-state index >= 15 is 0 Å². The molecule has 1 heterocycles. The van der Waals surface area contributed by atoms with Crippen LogP contribution in [0.5, 0.6) is 5.75 Å². The first-order valence-electron chi connectivity index (χ1n) is 6.66. The van der Waals surface area contributed by atoms with Crippen molar-refractivity contribution < 1.29 is 14.3 Å². The van der Waals surface area contributed by atoms with Gasteiger partial charge in [-0.2, -0.15) is 0 Å². The first kappa shape index (κ1) is 13.6. The minimum absolute atomic E-state index is 0.0478. The molecule has 1 aromatic carbocycles. The van der Waals surface area contributed by atoms with Crippen LogP contribution in [0.25, 0.3) is 0 Å². The van der Waals surface area contributed by atoms with Gasteiger partial charge in [0.2, 0.25) is 0 Å². The third-order valence-corrected chi connectivity index (χ3v) is 3.15. The van der Waals surface area contributed by atoms with Crippen molar-refractivity contribution in [2.45, 2.75) is 39.7 Å². The van der Waals surface area contributed by atoms with Gasteiger partial charge in [0.1, 0.15) is 5.75 Å². The molecular weight excluding hydrogens is 242 g/mol. The maximum absolute atomic E-state index is 11.9. The quantitative estimate of drug-likeness (QED) is 0.783. The molecule has 1 aliphatic heterocycles. The molecule has 2 rings (SSSR count). The van der Waals surface area contributed by atoms with Crippen molar-refractivity contribution >= 4 is 17.4 Å². The fraction of sp³-hybridized carbons (Fsp3) is 0.467. The minimum atomic E-state index is -0.0670. The van der Waals surface area contributed by atoms with Crippen molar-refractivity contribution in [2.75, 3.05) is 11.5 Å². The molecule has 0 aromatic heterocycles. The van der Waals surface area contributed by atoms with Crippen LogP contribution in [0.2, 0.25) is 0 Å². The van der Waals surface area contributed by atoms with Crippen LogP contribution in [0.15, 0.2) is 18.2 Å². The Balaban J connectivity index is 2.41. The zero-order chi connectivity index (χ0) is 14.0. The van der Waals surface area contributed by atoms with Crippen LogP contribution >= 0.6 is 0 Å². The molecular formula is C15H19NO3. The number of carbonyl (C=O) groups excluding carboxylic acids is 2. The summed E-state index contributed by atoms with van der Waals surface area (Å²) in [7, 11) is 0. The van der Waals surface area contributed by atoms with Crippen LogP contribution in [0.4, 0.5) is 5.69 Å². The maximum atomic E-state index is 11.9. The summed E-state index contributed by atoms with van der Waals surface area (Å²) in [6.07, 6.45) is 1.34. The number of rotatable bonds is 4. The molecule has 4 nitrogen and oxygen atoms in total. The molecule has 1 aromatic rings. The van der Waals surface area contributed by atoms with Crippen molar-refractivity contribution in [2.24, 2.45) is 0 Å². The van der Waals surface area contributed by atoms with E-state index in [-0.39, 0.29) is 24.3 Å². The third kappa shape index (κ3) is 2.62. The van der Waals surface area contributed by atoms with Crippen LogP contribution < -0.4 is 9.64 Å². The summed E-state index contributed by atoms with van der Waals surface area (Å²) < 4.78 is 5.41. The molecule has 0 spiro atoms. The summed E-state index contributed by atoms with van der Waals surface area (Å²) in [5.41, 5.74) is 1.35. The topological polar surface area (TPSA) is 46.6 Å². The number of hydrogen-bond donors (Lipinski definition) is 0. The highest BCUT2D eigenvalue weighted by molar-refractivity contribution is 6.02. The molecule has 0 N–H and O–H groups in total.